The van der Waals surface area contributed by atoms with Crippen molar-refractivity contribution >= 4 is 11.3 Å². The first kappa shape index (κ1) is 14.2. The normalized spacial score (nSPS) is 12.6. The quantitative estimate of drug-likeness (QED) is 0.876. The monoisotopic (exact) mass is 278 g/mol. The lowest BCUT2D eigenvalue weighted by Gasteiger charge is -2.13. The predicted octanol–water partition coefficient (Wildman–Crippen LogP) is 3.35. The number of nitrogens with zero attached hydrogens (tertiary/aromatic N) is 1. The van der Waals surface area contributed by atoms with Crippen LogP contribution in [-0.4, -0.2) is 17.6 Å². The third kappa shape index (κ3) is 4.73. The molecule has 2 nitrogen and oxygen atoms in total. The van der Waals surface area contributed by atoms with E-state index in [4.69, 9.17) is 0 Å². The van der Waals surface area contributed by atoms with Gasteiger partial charge in [0.15, 0.2) is 0 Å². The number of aromatic nitrogens is 1. The molecule has 0 bridgehead atoms. The minimum Gasteiger partial charge on any atom is -0.314 e. The van der Waals surface area contributed by atoms with Crippen LogP contribution in [0.5, 0.6) is 0 Å². The van der Waals surface area contributed by atoms with Crippen LogP contribution in [0.2, 0.25) is 0 Å². The molecule has 0 aliphatic carbocycles. The van der Waals surface area contributed by atoms with Gasteiger partial charge in [0.05, 0.1) is 5.01 Å². The van der Waals surface area contributed by atoms with Crippen molar-refractivity contribution < 1.29 is 4.39 Å². The first-order valence-corrected chi connectivity index (χ1v) is 7.40. The van der Waals surface area contributed by atoms with Gasteiger partial charge in [-0.15, -0.1) is 11.3 Å². The van der Waals surface area contributed by atoms with Gasteiger partial charge < -0.3 is 5.32 Å². The molecule has 1 unspecified atom stereocenters. The van der Waals surface area contributed by atoms with Gasteiger partial charge in [-0.25, -0.2) is 9.37 Å². The summed E-state index contributed by atoms with van der Waals surface area (Å²) in [5.74, 6) is -0.164. The van der Waals surface area contributed by atoms with Crippen LogP contribution >= 0.6 is 11.3 Å². The van der Waals surface area contributed by atoms with Gasteiger partial charge in [0.1, 0.15) is 5.82 Å². The number of aryl methyl sites for hydroxylation is 1. The second-order valence-electron chi connectivity index (χ2n) is 4.82. The maximum absolute atomic E-state index is 13.1. The molecule has 4 heteroatoms. The molecule has 0 fully saturated rings. The molecule has 102 valence electrons. The summed E-state index contributed by atoms with van der Waals surface area (Å²) in [6, 6.07) is 7.14. The molecule has 0 amide bonds. The largest absolute Gasteiger partial charge is 0.314 e. The second-order valence-corrected chi connectivity index (χ2v) is 5.76. The van der Waals surface area contributed by atoms with Gasteiger partial charge in [0.25, 0.3) is 0 Å². The van der Waals surface area contributed by atoms with Crippen LogP contribution < -0.4 is 5.32 Å². The molecule has 1 N–H and O–H groups in total. The number of hydrogen-bond donors (Lipinski definition) is 1. The number of thiazole rings is 1. The van der Waals surface area contributed by atoms with Crippen molar-refractivity contribution in [2.45, 2.75) is 32.7 Å². The number of hydrogen-bond acceptors (Lipinski definition) is 3. The van der Waals surface area contributed by atoms with E-state index >= 15 is 0 Å². The van der Waals surface area contributed by atoms with E-state index in [-0.39, 0.29) is 5.82 Å². The fourth-order valence-electron chi connectivity index (χ4n) is 2.03. The van der Waals surface area contributed by atoms with Crippen molar-refractivity contribution in [1.82, 2.24) is 10.3 Å². The van der Waals surface area contributed by atoms with E-state index in [2.05, 4.69) is 22.6 Å². The predicted molar refractivity (Wildman–Crippen MR) is 78.1 cm³/mol. The van der Waals surface area contributed by atoms with E-state index in [1.54, 1.807) is 23.5 Å². The van der Waals surface area contributed by atoms with Crippen molar-refractivity contribution in [2.75, 3.05) is 6.54 Å². The SMILES string of the molecule is Cc1csc(CCNC(C)Cc2cccc(F)c2)n1. The molecule has 0 aliphatic heterocycles. The number of halogens is 1. The Morgan fingerprint density at radius 3 is 2.95 bits per heavy atom. The maximum atomic E-state index is 13.1. The Morgan fingerprint density at radius 2 is 2.26 bits per heavy atom. The highest BCUT2D eigenvalue weighted by atomic mass is 32.1. The molecule has 2 rings (SSSR count). The van der Waals surface area contributed by atoms with Gasteiger partial charge in [0.2, 0.25) is 0 Å². The van der Waals surface area contributed by atoms with Gasteiger partial charge in [-0.2, -0.15) is 0 Å². The van der Waals surface area contributed by atoms with E-state index in [1.165, 1.54) is 11.1 Å². The molecule has 1 aromatic carbocycles. The van der Waals surface area contributed by atoms with Gasteiger partial charge in [-0.3, -0.25) is 0 Å². The molecule has 1 aromatic heterocycles. The van der Waals surface area contributed by atoms with Crippen molar-refractivity contribution in [1.29, 1.82) is 0 Å². The van der Waals surface area contributed by atoms with Gasteiger partial charge in [0, 0.05) is 30.1 Å². The summed E-state index contributed by atoms with van der Waals surface area (Å²) in [6.45, 7) is 5.04. The summed E-state index contributed by atoms with van der Waals surface area (Å²) in [5, 5.41) is 6.70. The molecule has 19 heavy (non-hydrogen) atoms. The zero-order valence-electron chi connectivity index (χ0n) is 11.3. The topological polar surface area (TPSA) is 24.9 Å². The number of rotatable bonds is 6. The van der Waals surface area contributed by atoms with Gasteiger partial charge >= 0.3 is 0 Å². The highest BCUT2D eigenvalue weighted by molar-refractivity contribution is 7.09. The Kier molecular flexibility index (Phi) is 5.05. The molecular formula is C15H19FN2S. The third-order valence-electron chi connectivity index (χ3n) is 2.93. The molecule has 0 aliphatic rings. The zero-order chi connectivity index (χ0) is 13.7. The molecule has 0 saturated heterocycles. The Bertz CT molecular complexity index is 524. The molecule has 2 aromatic rings. The third-order valence-corrected chi connectivity index (χ3v) is 3.96. The summed E-state index contributed by atoms with van der Waals surface area (Å²) in [4.78, 5) is 4.43. The molecule has 0 spiro atoms. The average molecular weight is 278 g/mol. The second kappa shape index (κ2) is 6.78. The summed E-state index contributed by atoms with van der Waals surface area (Å²) < 4.78 is 13.1. The molecule has 1 heterocycles. The first-order chi connectivity index (χ1) is 9.13. The van der Waals surface area contributed by atoms with Crippen LogP contribution in [0.1, 0.15) is 23.2 Å². The Balaban J connectivity index is 1.74. The van der Waals surface area contributed by atoms with E-state index in [0.717, 1.165) is 30.6 Å². The van der Waals surface area contributed by atoms with Crippen molar-refractivity contribution in [3.05, 3.63) is 51.7 Å². The minimum absolute atomic E-state index is 0.164. The van der Waals surface area contributed by atoms with Crippen molar-refractivity contribution in [2.24, 2.45) is 0 Å². The lowest BCUT2D eigenvalue weighted by molar-refractivity contribution is 0.545. The fourth-order valence-corrected chi connectivity index (χ4v) is 2.81. The smallest absolute Gasteiger partial charge is 0.123 e. The highest BCUT2D eigenvalue weighted by Crippen LogP contribution is 2.09. The van der Waals surface area contributed by atoms with E-state index in [0.29, 0.717) is 6.04 Å². The average Bonchev–Trinajstić information content (AvgIpc) is 2.75. The summed E-state index contributed by atoms with van der Waals surface area (Å²) in [5.41, 5.74) is 2.12. The molecule has 0 saturated carbocycles. The van der Waals surface area contributed by atoms with E-state index in [9.17, 15) is 4.39 Å². The lowest BCUT2D eigenvalue weighted by atomic mass is 10.1. The maximum Gasteiger partial charge on any atom is 0.123 e. The zero-order valence-corrected chi connectivity index (χ0v) is 12.1. The van der Waals surface area contributed by atoms with Gasteiger partial charge in [-0.1, -0.05) is 12.1 Å². The summed E-state index contributed by atoms with van der Waals surface area (Å²) in [7, 11) is 0. The first-order valence-electron chi connectivity index (χ1n) is 6.52. The van der Waals surface area contributed by atoms with Crippen molar-refractivity contribution in [3.8, 4) is 0 Å². The standard InChI is InChI=1S/C15H19FN2S/c1-11(8-13-4-3-5-14(16)9-13)17-7-6-15-18-12(2)10-19-15/h3-5,9-11,17H,6-8H2,1-2H3. The van der Waals surface area contributed by atoms with Crippen LogP contribution in [0.25, 0.3) is 0 Å². The van der Waals surface area contributed by atoms with Crippen LogP contribution in [0.4, 0.5) is 4.39 Å². The Morgan fingerprint density at radius 1 is 1.42 bits per heavy atom. The van der Waals surface area contributed by atoms with Gasteiger partial charge in [-0.05, 0) is 38.0 Å². The van der Waals surface area contributed by atoms with Crippen LogP contribution in [0.3, 0.4) is 0 Å². The van der Waals surface area contributed by atoms with E-state index < -0.39 is 0 Å². The molecule has 1 atom stereocenters. The fraction of sp³-hybridized carbons (Fsp3) is 0.400. The number of nitrogens with one attached hydrogen (secondary N) is 1. The summed E-state index contributed by atoms with van der Waals surface area (Å²) >= 11 is 1.71. The Hall–Kier alpha value is -1.26. The van der Waals surface area contributed by atoms with E-state index in [1.807, 2.05) is 13.0 Å². The van der Waals surface area contributed by atoms with Crippen LogP contribution in [0, 0.1) is 12.7 Å². The highest BCUT2D eigenvalue weighted by Gasteiger charge is 2.05. The lowest BCUT2D eigenvalue weighted by Crippen LogP contribution is -2.30. The number of benzene rings is 1. The molecular weight excluding hydrogens is 259 g/mol. The van der Waals surface area contributed by atoms with Crippen LogP contribution in [-0.2, 0) is 12.8 Å². The molecule has 0 radical (unpaired) electrons. The summed E-state index contributed by atoms with van der Waals surface area (Å²) in [6.07, 6.45) is 1.79. The minimum atomic E-state index is -0.164. The van der Waals surface area contributed by atoms with Crippen molar-refractivity contribution in [3.63, 3.8) is 0 Å². The van der Waals surface area contributed by atoms with Crippen LogP contribution in [0.15, 0.2) is 29.6 Å². The Labute approximate surface area is 117 Å².